The van der Waals surface area contributed by atoms with Crippen LogP contribution < -0.4 is 16.0 Å². The van der Waals surface area contributed by atoms with Gasteiger partial charge in [-0.2, -0.15) is 4.52 Å². The second-order valence-electron chi connectivity index (χ2n) is 9.13. The van der Waals surface area contributed by atoms with Gasteiger partial charge in [-0.25, -0.2) is 4.98 Å². The smallest absolute Gasteiger partial charge is 0.280 e. The van der Waals surface area contributed by atoms with Gasteiger partial charge in [-0.05, 0) is 44.0 Å². The van der Waals surface area contributed by atoms with Gasteiger partial charge in [0.1, 0.15) is 5.75 Å². The summed E-state index contributed by atoms with van der Waals surface area (Å²) in [5.41, 5.74) is 10.0. The highest BCUT2D eigenvalue weighted by Gasteiger charge is 2.27. The van der Waals surface area contributed by atoms with E-state index in [-0.39, 0.29) is 5.56 Å². The number of nitrogens with one attached hydrogen (secondary N) is 1. The summed E-state index contributed by atoms with van der Waals surface area (Å²) < 4.78 is 7.23. The molecule has 180 valence electrons. The molecule has 0 fully saturated rings. The van der Waals surface area contributed by atoms with Crippen molar-refractivity contribution in [3.63, 3.8) is 0 Å². The minimum Gasteiger partial charge on any atom is -0.478 e. The van der Waals surface area contributed by atoms with Crippen LogP contribution in [0.1, 0.15) is 19.5 Å². The van der Waals surface area contributed by atoms with Crippen LogP contribution in [0.5, 0.6) is 5.75 Å². The zero-order valence-corrected chi connectivity index (χ0v) is 20.3. The monoisotopic (exact) mass is 478 g/mol. The van der Waals surface area contributed by atoms with Crippen molar-refractivity contribution in [3.05, 3.63) is 101 Å². The first-order valence-electron chi connectivity index (χ1n) is 11.6. The highest BCUT2D eigenvalue weighted by Crippen LogP contribution is 2.35. The van der Waals surface area contributed by atoms with Gasteiger partial charge in [-0.15, -0.1) is 0 Å². The van der Waals surface area contributed by atoms with Gasteiger partial charge in [0.2, 0.25) is 0 Å². The van der Waals surface area contributed by atoms with Crippen LogP contribution in [0.4, 0.5) is 0 Å². The Kier molecular flexibility index (Phi) is 5.68. The second-order valence-corrected chi connectivity index (χ2v) is 9.13. The number of hydrogen-bond acceptors (Lipinski definition) is 4. The number of primary amides is 1. The van der Waals surface area contributed by atoms with Crippen LogP contribution in [0, 0.1) is 6.92 Å². The van der Waals surface area contributed by atoms with E-state index >= 15 is 0 Å². The molecule has 3 N–H and O–H groups in total. The molecule has 0 aliphatic rings. The van der Waals surface area contributed by atoms with E-state index in [0.717, 1.165) is 22.4 Å². The van der Waals surface area contributed by atoms with Crippen LogP contribution in [0.2, 0.25) is 0 Å². The molecule has 0 aliphatic heterocycles. The van der Waals surface area contributed by atoms with Crippen molar-refractivity contribution in [1.29, 1.82) is 0 Å². The number of ether oxygens (including phenoxy) is 1. The topological polar surface area (TPSA) is 102 Å². The molecule has 2 heterocycles. The van der Waals surface area contributed by atoms with Crippen molar-refractivity contribution < 1.29 is 9.53 Å². The number of hydrogen-bond donors (Lipinski definition) is 2. The van der Waals surface area contributed by atoms with Gasteiger partial charge in [0.15, 0.2) is 11.2 Å². The first-order chi connectivity index (χ1) is 17.3. The van der Waals surface area contributed by atoms with Crippen LogP contribution in [-0.2, 0) is 4.79 Å². The van der Waals surface area contributed by atoms with Crippen molar-refractivity contribution in [2.24, 2.45) is 5.73 Å². The van der Waals surface area contributed by atoms with E-state index in [1.807, 2.05) is 67.6 Å². The number of aromatic amines is 1. The molecule has 0 saturated heterocycles. The lowest BCUT2D eigenvalue weighted by Gasteiger charge is -2.22. The molecular formula is C29H26N4O3. The standard InChI is InChI=1S/C29H26N4O3/c1-18-23(20-14-16-22(17-15-20)36-29(2,3)28(30)35)27(34)33-26(31-18)24(19-10-6-4-7-11-19)25(32-33)21-12-8-5-9-13-21/h4-17,32H,1-3H3,(H2,30,35). The van der Waals surface area contributed by atoms with Crippen molar-refractivity contribution >= 4 is 11.6 Å². The van der Waals surface area contributed by atoms with Crippen LogP contribution in [-0.4, -0.2) is 26.1 Å². The first-order valence-corrected chi connectivity index (χ1v) is 11.6. The van der Waals surface area contributed by atoms with Gasteiger partial charge in [0.05, 0.1) is 22.5 Å². The van der Waals surface area contributed by atoms with Gasteiger partial charge >= 0.3 is 0 Å². The highest BCUT2D eigenvalue weighted by molar-refractivity contribution is 5.91. The molecule has 0 spiro atoms. The van der Waals surface area contributed by atoms with E-state index in [4.69, 9.17) is 15.5 Å². The molecule has 0 aliphatic carbocycles. The van der Waals surface area contributed by atoms with Crippen molar-refractivity contribution in [2.75, 3.05) is 0 Å². The largest absolute Gasteiger partial charge is 0.478 e. The first kappa shape index (κ1) is 23.1. The number of fused-ring (bicyclic) bond motifs is 1. The summed E-state index contributed by atoms with van der Waals surface area (Å²) in [6, 6.07) is 26.8. The fourth-order valence-corrected chi connectivity index (χ4v) is 4.24. The van der Waals surface area contributed by atoms with Crippen LogP contribution in [0.25, 0.3) is 39.2 Å². The molecule has 0 unspecified atom stereocenters. The average molecular weight is 479 g/mol. The molecule has 7 nitrogen and oxygen atoms in total. The van der Waals surface area contributed by atoms with E-state index in [2.05, 4.69) is 5.10 Å². The minimum atomic E-state index is -1.15. The molecule has 36 heavy (non-hydrogen) atoms. The minimum absolute atomic E-state index is 0.206. The van der Waals surface area contributed by atoms with Crippen molar-refractivity contribution in [3.8, 4) is 39.3 Å². The number of carbonyl (C=O) groups excluding carboxylic acids is 1. The number of nitrogens with zero attached hydrogens (tertiary/aromatic N) is 2. The average Bonchev–Trinajstić information content (AvgIpc) is 3.25. The van der Waals surface area contributed by atoms with Gasteiger partial charge in [0.25, 0.3) is 11.5 Å². The Labute approximate surface area is 208 Å². The molecule has 1 amide bonds. The third-order valence-corrected chi connectivity index (χ3v) is 6.20. The second kappa shape index (κ2) is 8.85. The predicted molar refractivity (Wildman–Crippen MR) is 141 cm³/mol. The molecule has 0 saturated carbocycles. The Balaban J connectivity index is 1.67. The Morgan fingerprint density at radius 2 is 1.42 bits per heavy atom. The normalized spacial score (nSPS) is 11.5. The Morgan fingerprint density at radius 1 is 0.861 bits per heavy atom. The third kappa shape index (κ3) is 4.05. The molecule has 0 radical (unpaired) electrons. The Bertz CT molecular complexity index is 1620. The molecule has 0 atom stereocenters. The molecule has 2 aromatic heterocycles. The quantitative estimate of drug-likeness (QED) is 0.359. The SMILES string of the molecule is Cc1nc2c(-c3ccccc3)c(-c3ccccc3)[nH]n2c(=O)c1-c1ccc(OC(C)(C)C(N)=O)cc1. The Morgan fingerprint density at radius 3 is 2.00 bits per heavy atom. The zero-order valence-electron chi connectivity index (χ0n) is 20.3. The van der Waals surface area contributed by atoms with Gasteiger partial charge < -0.3 is 10.5 Å². The number of H-pyrrole nitrogens is 1. The maximum atomic E-state index is 13.8. The number of benzene rings is 3. The van der Waals surface area contributed by atoms with Crippen LogP contribution >= 0.6 is 0 Å². The summed E-state index contributed by atoms with van der Waals surface area (Å²) >= 11 is 0. The maximum Gasteiger partial charge on any atom is 0.280 e. The molecule has 0 bridgehead atoms. The van der Waals surface area contributed by atoms with Gasteiger partial charge in [-0.3, -0.25) is 14.7 Å². The lowest BCUT2D eigenvalue weighted by Crippen LogP contribution is -2.43. The van der Waals surface area contributed by atoms with E-state index < -0.39 is 11.5 Å². The molecule has 3 aromatic carbocycles. The molecule has 5 rings (SSSR count). The predicted octanol–water partition coefficient (Wildman–Crippen LogP) is 4.97. The van der Waals surface area contributed by atoms with Crippen molar-refractivity contribution in [1.82, 2.24) is 14.6 Å². The fourth-order valence-electron chi connectivity index (χ4n) is 4.24. The number of rotatable bonds is 6. The zero-order chi connectivity index (χ0) is 25.4. The number of nitrogens with two attached hydrogens (primary N) is 1. The molecule has 7 heteroatoms. The summed E-state index contributed by atoms with van der Waals surface area (Å²) in [7, 11) is 0. The van der Waals surface area contributed by atoms with Gasteiger partial charge in [0, 0.05) is 5.56 Å². The van der Waals surface area contributed by atoms with E-state index in [1.54, 1.807) is 38.1 Å². The number of aryl methyl sites for hydroxylation is 1. The lowest BCUT2D eigenvalue weighted by atomic mass is 10.0. The maximum absolute atomic E-state index is 13.8. The number of carbonyl (C=O) groups is 1. The summed E-state index contributed by atoms with van der Waals surface area (Å²) in [5.74, 6) is -0.0857. The summed E-state index contributed by atoms with van der Waals surface area (Å²) in [5, 5.41) is 3.31. The van der Waals surface area contributed by atoms with E-state index in [0.29, 0.717) is 28.2 Å². The fraction of sp³-hybridized carbons (Fsp3) is 0.138. The molecular weight excluding hydrogens is 452 g/mol. The summed E-state index contributed by atoms with van der Waals surface area (Å²) in [6.07, 6.45) is 0. The molecule has 5 aromatic rings. The number of aromatic nitrogens is 3. The van der Waals surface area contributed by atoms with Crippen LogP contribution in [0.3, 0.4) is 0 Å². The lowest BCUT2D eigenvalue weighted by molar-refractivity contribution is -0.130. The third-order valence-electron chi connectivity index (χ3n) is 6.20. The summed E-state index contributed by atoms with van der Waals surface area (Å²) in [6.45, 7) is 5.05. The van der Waals surface area contributed by atoms with Crippen LogP contribution in [0.15, 0.2) is 89.7 Å². The Hall–Kier alpha value is -4.65. The van der Waals surface area contributed by atoms with E-state index in [9.17, 15) is 9.59 Å². The number of amides is 1. The highest BCUT2D eigenvalue weighted by atomic mass is 16.5. The summed E-state index contributed by atoms with van der Waals surface area (Å²) in [4.78, 5) is 30.3. The van der Waals surface area contributed by atoms with E-state index in [1.165, 1.54) is 4.52 Å². The van der Waals surface area contributed by atoms with Gasteiger partial charge in [-0.1, -0.05) is 72.8 Å². The van der Waals surface area contributed by atoms with Crippen molar-refractivity contribution in [2.45, 2.75) is 26.4 Å².